The van der Waals surface area contributed by atoms with Gasteiger partial charge in [-0.3, -0.25) is 9.59 Å². The number of hydrogen-bond donors (Lipinski definition) is 1. The molecule has 5 nitrogen and oxygen atoms in total. The van der Waals surface area contributed by atoms with Crippen LogP contribution in [0.25, 0.3) is 0 Å². The Morgan fingerprint density at radius 1 is 1.21 bits per heavy atom. The molecule has 1 heterocycles. The highest BCUT2D eigenvalue weighted by atomic mass is 19.4. The molecule has 2 amide bonds. The maximum Gasteiger partial charge on any atom is 0.573 e. The number of halogens is 3. The van der Waals surface area contributed by atoms with E-state index in [-0.39, 0.29) is 5.69 Å². The topological polar surface area (TPSA) is 58.6 Å². The van der Waals surface area contributed by atoms with Gasteiger partial charge in [-0.2, -0.15) is 0 Å². The minimum absolute atomic E-state index is 0.0632. The Morgan fingerprint density at radius 2 is 1.83 bits per heavy atom. The number of rotatable bonds is 2. The van der Waals surface area contributed by atoms with Crippen LogP contribution in [0.1, 0.15) is 20.3 Å². The Bertz CT molecular complexity index is 609. The Labute approximate surface area is 137 Å². The third-order valence-corrected chi connectivity index (χ3v) is 3.68. The summed E-state index contributed by atoms with van der Waals surface area (Å²) in [6.07, 6.45) is -3.83. The van der Waals surface area contributed by atoms with E-state index in [1.807, 2.05) is 13.8 Å². The number of nitrogens with one attached hydrogen (secondary N) is 1. The van der Waals surface area contributed by atoms with E-state index >= 15 is 0 Å². The molecule has 1 aromatic carbocycles. The zero-order chi connectivity index (χ0) is 17.9. The zero-order valence-electron chi connectivity index (χ0n) is 13.4. The lowest BCUT2D eigenvalue weighted by molar-refractivity contribution is -0.274. The number of amides is 2. The number of carbonyl (C=O) groups is 2. The number of benzene rings is 1. The zero-order valence-corrected chi connectivity index (χ0v) is 13.4. The molecule has 1 fully saturated rings. The standard InChI is InChI=1S/C16H19F3N2O3/c1-10-6-11(2)9-21(8-10)15(23)14(22)20-12-4-3-5-13(7-12)24-16(17,18)19/h3-5,7,10-11H,6,8-9H2,1-2H3,(H,20,22). The lowest BCUT2D eigenvalue weighted by Crippen LogP contribution is -2.47. The molecule has 2 atom stereocenters. The number of nitrogens with zero attached hydrogens (tertiary/aromatic N) is 1. The molecule has 0 aliphatic carbocycles. The third kappa shape index (κ3) is 5.14. The van der Waals surface area contributed by atoms with Crippen molar-refractivity contribution in [1.29, 1.82) is 0 Å². The summed E-state index contributed by atoms with van der Waals surface area (Å²) in [6, 6.07) is 4.81. The summed E-state index contributed by atoms with van der Waals surface area (Å²) in [5.74, 6) is -1.42. The first-order chi connectivity index (χ1) is 11.1. The van der Waals surface area contributed by atoms with Crippen molar-refractivity contribution in [3.63, 3.8) is 0 Å². The second kappa shape index (κ2) is 7.11. The minimum Gasteiger partial charge on any atom is -0.406 e. The molecule has 0 bridgehead atoms. The van der Waals surface area contributed by atoms with Crippen molar-refractivity contribution in [2.24, 2.45) is 11.8 Å². The monoisotopic (exact) mass is 344 g/mol. The highest BCUT2D eigenvalue weighted by molar-refractivity contribution is 6.39. The SMILES string of the molecule is CC1CC(C)CN(C(=O)C(=O)Nc2cccc(OC(F)(F)F)c2)C1. The third-order valence-electron chi connectivity index (χ3n) is 3.68. The van der Waals surface area contributed by atoms with E-state index < -0.39 is 23.9 Å². The molecule has 132 valence electrons. The van der Waals surface area contributed by atoms with Crippen molar-refractivity contribution in [2.75, 3.05) is 18.4 Å². The molecular weight excluding hydrogens is 325 g/mol. The van der Waals surface area contributed by atoms with E-state index in [1.54, 1.807) is 0 Å². The molecule has 1 aliphatic heterocycles. The molecule has 8 heteroatoms. The number of carbonyl (C=O) groups excluding carboxylic acids is 2. The quantitative estimate of drug-likeness (QED) is 0.839. The summed E-state index contributed by atoms with van der Waals surface area (Å²) in [4.78, 5) is 25.7. The Morgan fingerprint density at radius 3 is 2.42 bits per heavy atom. The smallest absolute Gasteiger partial charge is 0.406 e. The predicted molar refractivity (Wildman–Crippen MR) is 81.3 cm³/mol. The van der Waals surface area contributed by atoms with Gasteiger partial charge in [0.25, 0.3) is 0 Å². The molecule has 1 aliphatic rings. The second-order valence-electron chi connectivity index (χ2n) is 6.19. The van der Waals surface area contributed by atoms with Crippen molar-refractivity contribution in [2.45, 2.75) is 26.6 Å². The van der Waals surface area contributed by atoms with E-state index in [0.717, 1.165) is 18.6 Å². The van der Waals surface area contributed by atoms with Gasteiger partial charge in [0.2, 0.25) is 0 Å². The van der Waals surface area contributed by atoms with E-state index in [0.29, 0.717) is 24.9 Å². The molecule has 0 saturated carbocycles. The number of alkyl halides is 3. The van der Waals surface area contributed by atoms with Crippen LogP contribution in [0.5, 0.6) is 5.75 Å². The van der Waals surface area contributed by atoms with Gasteiger partial charge in [0.05, 0.1) is 0 Å². The summed E-state index contributed by atoms with van der Waals surface area (Å²) in [5.41, 5.74) is 0.0632. The van der Waals surface area contributed by atoms with Gasteiger partial charge in [0.1, 0.15) is 5.75 Å². The maximum absolute atomic E-state index is 12.2. The summed E-state index contributed by atoms with van der Waals surface area (Å²) >= 11 is 0. The Kier molecular flexibility index (Phi) is 5.36. The molecule has 2 unspecified atom stereocenters. The molecule has 1 saturated heterocycles. The molecule has 2 rings (SSSR count). The van der Waals surface area contributed by atoms with Crippen LogP contribution in [0.3, 0.4) is 0 Å². The lowest BCUT2D eigenvalue weighted by atomic mass is 9.92. The number of anilines is 1. The van der Waals surface area contributed by atoms with Crippen LogP contribution in [-0.4, -0.2) is 36.2 Å². The van der Waals surface area contributed by atoms with E-state index in [9.17, 15) is 22.8 Å². The fourth-order valence-corrected chi connectivity index (χ4v) is 2.93. The number of piperidine rings is 1. The van der Waals surface area contributed by atoms with Gasteiger partial charge in [-0.1, -0.05) is 19.9 Å². The lowest BCUT2D eigenvalue weighted by Gasteiger charge is -2.34. The second-order valence-corrected chi connectivity index (χ2v) is 6.19. The highest BCUT2D eigenvalue weighted by Gasteiger charge is 2.32. The largest absolute Gasteiger partial charge is 0.573 e. The van der Waals surface area contributed by atoms with Crippen molar-refractivity contribution in [3.8, 4) is 5.75 Å². The normalized spacial score (nSPS) is 21.3. The minimum atomic E-state index is -4.82. The first kappa shape index (κ1) is 18.1. The van der Waals surface area contributed by atoms with Crippen LogP contribution in [0.4, 0.5) is 18.9 Å². The molecule has 24 heavy (non-hydrogen) atoms. The van der Waals surface area contributed by atoms with Crippen LogP contribution in [0.2, 0.25) is 0 Å². The molecule has 1 N–H and O–H groups in total. The predicted octanol–water partition coefficient (Wildman–Crippen LogP) is 3.03. The molecule has 1 aromatic rings. The van der Waals surface area contributed by atoms with Gasteiger partial charge in [-0.25, -0.2) is 0 Å². The fourth-order valence-electron chi connectivity index (χ4n) is 2.93. The average Bonchev–Trinajstić information content (AvgIpc) is 2.43. The first-order valence-corrected chi connectivity index (χ1v) is 7.60. The van der Waals surface area contributed by atoms with Crippen LogP contribution >= 0.6 is 0 Å². The Balaban J connectivity index is 2.01. The van der Waals surface area contributed by atoms with Gasteiger partial charge in [0, 0.05) is 24.8 Å². The number of ether oxygens (including phenoxy) is 1. The summed E-state index contributed by atoms with van der Waals surface area (Å²) in [7, 11) is 0. The van der Waals surface area contributed by atoms with Crippen LogP contribution in [0, 0.1) is 11.8 Å². The number of likely N-dealkylation sites (tertiary alicyclic amines) is 1. The van der Waals surface area contributed by atoms with Crippen molar-refractivity contribution in [1.82, 2.24) is 4.90 Å². The summed E-state index contributed by atoms with van der Waals surface area (Å²) < 4.78 is 40.4. The summed E-state index contributed by atoms with van der Waals surface area (Å²) in [6.45, 7) is 5.00. The van der Waals surface area contributed by atoms with E-state index in [4.69, 9.17) is 0 Å². The van der Waals surface area contributed by atoms with E-state index in [1.165, 1.54) is 17.0 Å². The Hall–Kier alpha value is -2.25. The summed E-state index contributed by atoms with van der Waals surface area (Å²) in [5, 5.41) is 2.32. The molecule has 0 aromatic heterocycles. The van der Waals surface area contributed by atoms with Crippen LogP contribution < -0.4 is 10.1 Å². The maximum atomic E-state index is 12.2. The fraction of sp³-hybridized carbons (Fsp3) is 0.500. The van der Waals surface area contributed by atoms with Crippen molar-refractivity contribution in [3.05, 3.63) is 24.3 Å². The van der Waals surface area contributed by atoms with Gasteiger partial charge in [-0.05, 0) is 30.4 Å². The van der Waals surface area contributed by atoms with Gasteiger partial charge in [-0.15, -0.1) is 13.2 Å². The van der Waals surface area contributed by atoms with E-state index in [2.05, 4.69) is 10.1 Å². The van der Waals surface area contributed by atoms with Gasteiger partial charge < -0.3 is 15.0 Å². The molecule has 0 radical (unpaired) electrons. The van der Waals surface area contributed by atoms with Crippen LogP contribution in [-0.2, 0) is 9.59 Å². The molecule has 0 spiro atoms. The van der Waals surface area contributed by atoms with Gasteiger partial charge >= 0.3 is 18.2 Å². The average molecular weight is 344 g/mol. The van der Waals surface area contributed by atoms with Crippen molar-refractivity contribution >= 4 is 17.5 Å². The molecular formula is C16H19F3N2O3. The van der Waals surface area contributed by atoms with Crippen molar-refractivity contribution < 1.29 is 27.5 Å². The van der Waals surface area contributed by atoms with Crippen LogP contribution in [0.15, 0.2) is 24.3 Å². The first-order valence-electron chi connectivity index (χ1n) is 7.60. The highest BCUT2D eigenvalue weighted by Crippen LogP contribution is 2.25. The number of hydrogen-bond acceptors (Lipinski definition) is 3. The van der Waals surface area contributed by atoms with Gasteiger partial charge in [0.15, 0.2) is 0 Å².